The van der Waals surface area contributed by atoms with Gasteiger partial charge in [-0.3, -0.25) is 0 Å². The molecular formula is C62H77DyN4P4Si4. The Balaban J connectivity index is 0.000000241. The van der Waals surface area contributed by atoms with Crippen molar-refractivity contribution in [2.75, 3.05) is 0 Å². The van der Waals surface area contributed by atoms with Gasteiger partial charge in [0, 0.05) is 7.05 Å². The molecule has 0 saturated heterocycles. The van der Waals surface area contributed by atoms with Crippen LogP contribution in [0.1, 0.15) is 0 Å². The van der Waals surface area contributed by atoms with Crippen molar-refractivity contribution in [3.05, 3.63) is 257 Å². The van der Waals surface area contributed by atoms with E-state index < -0.39 is 61.1 Å². The maximum atomic E-state index is 5.92. The van der Waals surface area contributed by atoms with Crippen LogP contribution in [-0.2, 0) is 0 Å². The van der Waals surface area contributed by atoms with Gasteiger partial charge in [0.15, 0.2) is 8.24 Å². The summed E-state index contributed by atoms with van der Waals surface area (Å²) in [5, 5.41) is 14.7. The van der Waals surface area contributed by atoms with Gasteiger partial charge >= 0.3 is 38.2 Å². The Bertz CT molecular complexity index is 3000. The minimum atomic E-state index is -2.45. The van der Waals surface area contributed by atoms with E-state index in [-0.39, 0.29) is 38.2 Å². The van der Waals surface area contributed by atoms with E-state index in [2.05, 4.69) is 332 Å². The van der Waals surface area contributed by atoms with E-state index in [1.165, 1.54) is 42.4 Å². The molecule has 0 fully saturated rings. The second kappa shape index (κ2) is 26.3. The van der Waals surface area contributed by atoms with Crippen molar-refractivity contribution in [2.24, 2.45) is 4.41 Å². The summed E-state index contributed by atoms with van der Waals surface area (Å²) in [6, 6.07) is 87.8. The number of rotatable bonds is 16. The summed E-state index contributed by atoms with van der Waals surface area (Å²) < 4.78 is 23.6. The second-order valence-corrected chi connectivity index (χ2v) is 54.3. The number of hydrogen-bond donors (Lipinski definition) is 0. The Morgan fingerprint density at radius 3 is 0.733 bits per heavy atom. The van der Waals surface area contributed by atoms with Gasteiger partial charge in [0.2, 0.25) is 0 Å². The predicted octanol–water partition coefficient (Wildman–Crippen LogP) is 16.4. The Labute approximate surface area is 487 Å². The number of nitrogens with zero attached hydrogens (tertiary/aromatic N) is 4. The topological polar surface area (TPSA) is 54.7 Å². The van der Waals surface area contributed by atoms with Gasteiger partial charge in [-0.2, -0.15) is 5.17 Å². The molecule has 8 rings (SSSR count). The summed E-state index contributed by atoms with van der Waals surface area (Å²) in [7, 11) is -17.1. The first-order valence-electron chi connectivity index (χ1n) is 25.7. The first-order valence-corrected chi connectivity index (χ1v) is 46.6. The van der Waals surface area contributed by atoms with Crippen LogP contribution in [0.15, 0.2) is 247 Å². The van der Waals surface area contributed by atoms with Gasteiger partial charge in [0.25, 0.3) is 0 Å². The van der Waals surface area contributed by atoms with E-state index in [1.54, 1.807) is 0 Å². The molecule has 75 heavy (non-hydrogen) atoms. The van der Waals surface area contributed by atoms with Crippen LogP contribution in [-0.4, -0.2) is 43.7 Å². The van der Waals surface area contributed by atoms with Crippen molar-refractivity contribution in [2.45, 2.75) is 78.6 Å². The zero-order valence-corrected chi connectivity index (χ0v) is 55.7. The fraction of sp³-hybridized carbons (Fsp3) is 0.194. The molecule has 0 amide bonds. The monoisotopic (exact) mass is 1280 g/mol. The van der Waals surface area contributed by atoms with Crippen LogP contribution in [0, 0.1) is 38.2 Å². The zero-order valence-electron chi connectivity index (χ0n) is 46.1. The van der Waals surface area contributed by atoms with Crippen molar-refractivity contribution in [3.63, 3.8) is 0 Å². The SMILES string of the molecule is C[Si](C)(C)N=P(C=P([N-][Si](C)(C)C)(c1ccccc1)c1ccccc1)(c1ccccc1)c1ccccc1.C[Si](C)(C)[N-]P(=C=P([N-][Si](C)(C)C)(c1ccccc1)c1ccccc1)(c1ccccc1)c1ccccc1.[Dy+3]. The van der Waals surface area contributed by atoms with Crippen molar-refractivity contribution in [1.82, 2.24) is 0 Å². The molecular weight excluding hydrogens is 1200 g/mol. The molecule has 8 aromatic rings. The molecule has 4 nitrogen and oxygen atoms in total. The first kappa shape index (κ1) is 61.2. The van der Waals surface area contributed by atoms with Crippen LogP contribution in [0.25, 0.3) is 14.3 Å². The summed E-state index contributed by atoms with van der Waals surface area (Å²) in [5.41, 5.74) is 2.69. The number of benzene rings is 8. The minimum absolute atomic E-state index is 0. The van der Waals surface area contributed by atoms with Crippen LogP contribution in [0.2, 0.25) is 78.6 Å². The van der Waals surface area contributed by atoms with Gasteiger partial charge < -0.3 is 18.7 Å². The van der Waals surface area contributed by atoms with E-state index in [9.17, 15) is 0 Å². The van der Waals surface area contributed by atoms with Gasteiger partial charge in [0.1, 0.15) is 0 Å². The summed E-state index contributed by atoms with van der Waals surface area (Å²) >= 11 is 0. The summed E-state index contributed by atoms with van der Waals surface area (Å²) in [6.45, 7) is 28.2. The van der Waals surface area contributed by atoms with Crippen LogP contribution >= 0.6 is 28.2 Å². The van der Waals surface area contributed by atoms with Crippen LogP contribution in [0.4, 0.5) is 0 Å². The first-order chi connectivity index (χ1) is 35.1. The summed E-state index contributed by atoms with van der Waals surface area (Å²) in [6.07, 6.45) is 0. The van der Waals surface area contributed by atoms with Gasteiger partial charge in [0.05, 0.1) is 0 Å². The smallest absolute Gasteiger partial charge is 0.631 e. The Kier molecular flexibility index (Phi) is 21.4. The normalized spacial score (nSPS) is 12.5. The number of hydrogen-bond acceptors (Lipinski definition) is 1. The van der Waals surface area contributed by atoms with E-state index in [0.717, 1.165) is 0 Å². The van der Waals surface area contributed by atoms with Crippen molar-refractivity contribution >= 4 is 114 Å². The molecule has 0 saturated carbocycles. The molecule has 391 valence electrons. The van der Waals surface area contributed by atoms with Crippen molar-refractivity contribution in [3.8, 4) is 0 Å². The molecule has 0 bridgehead atoms. The fourth-order valence-electron chi connectivity index (χ4n) is 9.15. The maximum Gasteiger partial charge on any atom is 3.00 e. The molecule has 0 aliphatic heterocycles. The third-order valence-corrected chi connectivity index (χ3v) is 39.6. The van der Waals surface area contributed by atoms with E-state index in [0.29, 0.717) is 0 Å². The zero-order chi connectivity index (χ0) is 53.1. The Morgan fingerprint density at radius 2 is 0.520 bits per heavy atom. The predicted molar refractivity (Wildman–Crippen MR) is 353 cm³/mol. The van der Waals surface area contributed by atoms with Gasteiger partial charge in [-0.05, 0) is 42.4 Å². The fourth-order valence-corrected chi connectivity index (χ4v) is 43.8. The molecule has 13 heteroatoms. The molecule has 0 aliphatic carbocycles. The summed E-state index contributed by atoms with van der Waals surface area (Å²) in [4.78, 5) is 0. The van der Waals surface area contributed by atoms with Crippen molar-refractivity contribution in [1.29, 1.82) is 0 Å². The van der Waals surface area contributed by atoms with Crippen molar-refractivity contribution < 1.29 is 38.2 Å². The van der Waals surface area contributed by atoms with Crippen LogP contribution in [0.3, 0.4) is 0 Å². The van der Waals surface area contributed by atoms with Gasteiger partial charge in [-0.25, -0.2) is 0 Å². The van der Waals surface area contributed by atoms with E-state index >= 15 is 0 Å². The van der Waals surface area contributed by atoms with E-state index in [1.807, 2.05) is 0 Å². The Morgan fingerprint density at radius 1 is 0.307 bits per heavy atom. The second-order valence-electron chi connectivity index (χ2n) is 22.6. The standard InChI is InChI=1S/C31H39N2P2Si2.C31H38N2P2Si2.Dy/c2*1-36(2,3)32-34(28-19-11-7-12-20-28,29-21-13-8-14-22-29)27-35(33-37(4,5)6,30-23-15-9-16-24-30)31-25-17-10-18-26-31;/h7-27H,1-6H3;7-26H,1-6H3;/q-1;-2;+3. The van der Waals surface area contributed by atoms with Gasteiger partial charge in [-0.1, -0.05) is 351 Å². The molecule has 0 aromatic heterocycles. The minimum Gasteiger partial charge on any atom is -0.631 e. The quantitative estimate of drug-likeness (QED) is 0.0684. The third kappa shape index (κ3) is 16.1. The van der Waals surface area contributed by atoms with Crippen LogP contribution < -0.4 is 42.4 Å². The average molecular weight is 1280 g/mol. The largest absolute Gasteiger partial charge is 3.00 e. The Hall–Kier alpha value is -3.05. The molecule has 0 atom stereocenters. The molecule has 0 aliphatic rings. The molecule has 0 N–H and O–H groups in total. The third-order valence-electron chi connectivity index (χ3n) is 11.6. The van der Waals surface area contributed by atoms with Gasteiger partial charge in [-0.15, -0.1) is 21.1 Å². The molecule has 0 heterocycles. The maximum absolute atomic E-state index is 5.92. The molecule has 8 aromatic carbocycles. The van der Waals surface area contributed by atoms with E-state index in [4.69, 9.17) is 18.7 Å². The molecule has 0 unspecified atom stereocenters. The average Bonchev–Trinajstić information content (AvgIpc) is 3.38. The summed E-state index contributed by atoms with van der Waals surface area (Å²) in [5.74, 6) is 0. The van der Waals surface area contributed by atoms with Crippen LogP contribution in [0.5, 0.6) is 0 Å². The molecule has 0 spiro atoms. The molecule has 1 radical (unpaired) electrons.